The lowest BCUT2D eigenvalue weighted by Crippen LogP contribution is -2.31. The highest BCUT2D eigenvalue weighted by Crippen LogP contribution is 2.31. The van der Waals surface area contributed by atoms with E-state index in [2.05, 4.69) is 22.2 Å². The largest absolute Gasteiger partial charge is 0.494 e. The fourth-order valence-corrected chi connectivity index (χ4v) is 2.69. The third-order valence-electron chi connectivity index (χ3n) is 4.46. The first-order valence-electron chi connectivity index (χ1n) is 9.67. The Morgan fingerprint density at radius 1 is 1.37 bits per heavy atom. The Labute approximate surface area is 176 Å². The van der Waals surface area contributed by atoms with E-state index in [1.54, 1.807) is 39.1 Å². The van der Waals surface area contributed by atoms with Gasteiger partial charge in [-0.2, -0.15) is 0 Å². The number of esters is 1. The fraction of sp³-hybridized carbons (Fsp3) is 0.364. The van der Waals surface area contributed by atoms with Gasteiger partial charge in [-0.1, -0.05) is 12.6 Å². The standard InChI is InChI=1S/C22H28N4O4/c1-6-30-22(28)13(2)18(12-19(24-4)26-21(27)15-10-11-15)25-17-9-7-8-16(14(3)23)20(17)29-5/h7-9,12,15,23,25H,2,6,10-11H2,1,3-5H3,(H,24,26,27)/b18-12+,23-14?. The zero-order valence-corrected chi connectivity index (χ0v) is 17.8. The molecule has 3 N–H and O–H groups in total. The second-order valence-corrected chi connectivity index (χ2v) is 6.77. The van der Waals surface area contributed by atoms with Crippen molar-refractivity contribution in [3.8, 4) is 5.75 Å². The van der Waals surface area contributed by atoms with E-state index >= 15 is 0 Å². The van der Waals surface area contributed by atoms with E-state index in [0.717, 1.165) is 12.8 Å². The van der Waals surface area contributed by atoms with Crippen molar-refractivity contribution in [2.75, 3.05) is 26.1 Å². The maximum Gasteiger partial charge on any atom is 0.339 e. The number of hydrogen-bond donors (Lipinski definition) is 3. The fourth-order valence-electron chi connectivity index (χ4n) is 2.69. The highest BCUT2D eigenvalue weighted by Gasteiger charge is 2.30. The van der Waals surface area contributed by atoms with Crippen LogP contribution in [0.1, 0.15) is 32.3 Å². The van der Waals surface area contributed by atoms with E-state index in [0.29, 0.717) is 34.2 Å². The number of ether oxygens (including phenoxy) is 2. The lowest BCUT2D eigenvalue weighted by atomic mass is 10.1. The molecule has 1 amide bonds. The van der Waals surface area contributed by atoms with Gasteiger partial charge in [-0.3, -0.25) is 9.79 Å². The molecule has 0 unspecified atom stereocenters. The molecular weight excluding hydrogens is 384 g/mol. The molecule has 0 spiro atoms. The summed E-state index contributed by atoms with van der Waals surface area (Å²) in [5, 5.41) is 13.8. The van der Waals surface area contributed by atoms with Crippen LogP contribution in [0, 0.1) is 11.3 Å². The van der Waals surface area contributed by atoms with Gasteiger partial charge in [0.1, 0.15) is 5.84 Å². The molecule has 1 saturated carbocycles. The number of carbonyl (C=O) groups is 2. The molecule has 1 aromatic rings. The number of para-hydroxylation sites is 1. The summed E-state index contributed by atoms with van der Waals surface area (Å²) in [5.74, 6) is 0.0421. The van der Waals surface area contributed by atoms with E-state index < -0.39 is 5.97 Å². The van der Waals surface area contributed by atoms with Crippen molar-refractivity contribution in [1.82, 2.24) is 5.32 Å². The summed E-state index contributed by atoms with van der Waals surface area (Å²) < 4.78 is 10.6. The third kappa shape index (κ3) is 5.79. The summed E-state index contributed by atoms with van der Waals surface area (Å²) in [5.41, 5.74) is 1.83. The van der Waals surface area contributed by atoms with Crippen molar-refractivity contribution in [1.29, 1.82) is 5.41 Å². The molecule has 0 aliphatic heterocycles. The van der Waals surface area contributed by atoms with Gasteiger partial charge in [0.2, 0.25) is 5.91 Å². The quantitative estimate of drug-likeness (QED) is 0.190. The number of nitrogens with zero attached hydrogens (tertiary/aromatic N) is 1. The van der Waals surface area contributed by atoms with Crippen LogP contribution < -0.4 is 15.4 Å². The topological polar surface area (TPSA) is 113 Å². The molecule has 8 heteroatoms. The molecule has 30 heavy (non-hydrogen) atoms. The number of methoxy groups -OCH3 is 1. The van der Waals surface area contributed by atoms with Gasteiger partial charge in [-0.15, -0.1) is 0 Å². The SMILES string of the molecule is C=C(C(=O)OCC)/C(=C\C(=N/C)NC(=O)C1CC1)Nc1cccc(C(C)=N)c1OC. The van der Waals surface area contributed by atoms with Crippen molar-refractivity contribution < 1.29 is 19.1 Å². The minimum absolute atomic E-state index is 0.00663. The third-order valence-corrected chi connectivity index (χ3v) is 4.46. The van der Waals surface area contributed by atoms with Crippen LogP contribution in [-0.2, 0) is 14.3 Å². The molecule has 2 rings (SSSR count). The molecule has 8 nitrogen and oxygen atoms in total. The first-order valence-corrected chi connectivity index (χ1v) is 9.67. The summed E-state index contributed by atoms with van der Waals surface area (Å²) >= 11 is 0. The number of rotatable bonds is 9. The van der Waals surface area contributed by atoms with Gasteiger partial charge in [0.05, 0.1) is 30.7 Å². The Morgan fingerprint density at radius 3 is 2.60 bits per heavy atom. The highest BCUT2D eigenvalue weighted by atomic mass is 16.5. The van der Waals surface area contributed by atoms with Gasteiger partial charge in [0, 0.05) is 30.3 Å². The molecular formula is C22H28N4O4. The van der Waals surface area contributed by atoms with Gasteiger partial charge in [0.15, 0.2) is 5.75 Å². The van der Waals surface area contributed by atoms with Gasteiger partial charge >= 0.3 is 5.97 Å². The van der Waals surface area contributed by atoms with Crippen LogP contribution in [0.3, 0.4) is 0 Å². The molecule has 0 bridgehead atoms. The van der Waals surface area contributed by atoms with Gasteiger partial charge < -0.3 is 25.5 Å². The predicted molar refractivity (Wildman–Crippen MR) is 117 cm³/mol. The normalized spacial score (nSPS) is 14.0. The minimum atomic E-state index is -0.599. The molecule has 0 radical (unpaired) electrons. The Balaban J connectivity index is 2.42. The Morgan fingerprint density at radius 2 is 2.07 bits per heavy atom. The van der Waals surface area contributed by atoms with Crippen LogP contribution in [0.2, 0.25) is 0 Å². The maximum atomic E-state index is 12.3. The molecule has 1 aliphatic carbocycles. The summed E-state index contributed by atoms with van der Waals surface area (Å²) in [6.45, 7) is 7.40. The zero-order chi connectivity index (χ0) is 22.3. The number of anilines is 1. The number of hydrogen-bond acceptors (Lipinski definition) is 7. The van der Waals surface area contributed by atoms with Crippen LogP contribution >= 0.6 is 0 Å². The summed E-state index contributed by atoms with van der Waals surface area (Å²) in [6, 6.07) is 5.29. The molecule has 1 fully saturated rings. The molecule has 0 atom stereocenters. The first kappa shape index (κ1) is 22.9. The van der Waals surface area contributed by atoms with Crippen LogP contribution in [0.25, 0.3) is 0 Å². The second-order valence-electron chi connectivity index (χ2n) is 6.77. The number of benzene rings is 1. The summed E-state index contributed by atoms with van der Waals surface area (Å²) in [4.78, 5) is 28.6. The van der Waals surface area contributed by atoms with E-state index in [1.807, 2.05) is 0 Å². The molecule has 0 aromatic heterocycles. The number of amides is 1. The predicted octanol–water partition coefficient (Wildman–Crippen LogP) is 3.05. The minimum Gasteiger partial charge on any atom is -0.494 e. The molecule has 0 heterocycles. The smallest absolute Gasteiger partial charge is 0.339 e. The van der Waals surface area contributed by atoms with Gasteiger partial charge in [-0.25, -0.2) is 4.79 Å². The van der Waals surface area contributed by atoms with Crippen molar-refractivity contribution in [2.45, 2.75) is 26.7 Å². The average molecular weight is 412 g/mol. The Hall–Kier alpha value is -3.42. The highest BCUT2D eigenvalue weighted by molar-refractivity contribution is 6.08. The van der Waals surface area contributed by atoms with Crippen LogP contribution in [0.15, 0.2) is 47.1 Å². The van der Waals surface area contributed by atoms with Gasteiger partial charge in [-0.05, 0) is 38.8 Å². The summed E-state index contributed by atoms with van der Waals surface area (Å²) in [7, 11) is 3.05. The molecule has 1 aromatic carbocycles. The van der Waals surface area contributed by atoms with E-state index in [-0.39, 0.29) is 24.0 Å². The Bertz CT molecular complexity index is 914. The van der Waals surface area contributed by atoms with Crippen molar-refractivity contribution in [3.63, 3.8) is 0 Å². The van der Waals surface area contributed by atoms with Crippen molar-refractivity contribution in [3.05, 3.63) is 47.7 Å². The molecule has 160 valence electrons. The lowest BCUT2D eigenvalue weighted by molar-refractivity contribution is -0.138. The average Bonchev–Trinajstić information content (AvgIpc) is 3.57. The lowest BCUT2D eigenvalue weighted by Gasteiger charge is -2.18. The van der Waals surface area contributed by atoms with Crippen LogP contribution in [0.5, 0.6) is 5.75 Å². The molecule has 1 aliphatic rings. The number of carbonyl (C=O) groups excluding carboxylic acids is 2. The van der Waals surface area contributed by atoms with Crippen molar-refractivity contribution >= 4 is 29.1 Å². The van der Waals surface area contributed by atoms with Crippen molar-refractivity contribution in [2.24, 2.45) is 10.9 Å². The van der Waals surface area contributed by atoms with E-state index in [1.165, 1.54) is 13.2 Å². The zero-order valence-electron chi connectivity index (χ0n) is 17.8. The first-order chi connectivity index (χ1) is 14.3. The number of amidine groups is 1. The molecule has 0 saturated heterocycles. The summed E-state index contributed by atoms with van der Waals surface area (Å²) in [6.07, 6.45) is 3.25. The number of aliphatic imine (C=N–C) groups is 1. The Kier molecular flexibility index (Phi) is 7.91. The maximum absolute atomic E-state index is 12.3. The van der Waals surface area contributed by atoms with E-state index in [9.17, 15) is 9.59 Å². The second kappa shape index (κ2) is 10.4. The van der Waals surface area contributed by atoms with Crippen LogP contribution in [-0.4, -0.2) is 44.2 Å². The number of nitrogens with one attached hydrogen (secondary N) is 3. The van der Waals surface area contributed by atoms with Gasteiger partial charge in [0.25, 0.3) is 0 Å². The van der Waals surface area contributed by atoms with E-state index in [4.69, 9.17) is 14.9 Å². The monoisotopic (exact) mass is 412 g/mol. The van der Waals surface area contributed by atoms with Crippen LogP contribution in [0.4, 0.5) is 5.69 Å².